The second kappa shape index (κ2) is 5.33. The summed E-state index contributed by atoms with van der Waals surface area (Å²) in [4.78, 5) is 0. The zero-order valence-corrected chi connectivity index (χ0v) is 10.5. The van der Waals surface area contributed by atoms with Gasteiger partial charge in [-0.25, -0.2) is 0 Å². The molecular formula is C15H20N2. The van der Waals surface area contributed by atoms with Crippen LogP contribution in [0.2, 0.25) is 0 Å². The van der Waals surface area contributed by atoms with Gasteiger partial charge in [0.15, 0.2) is 0 Å². The van der Waals surface area contributed by atoms with Crippen LogP contribution in [0, 0.1) is 16.7 Å². The van der Waals surface area contributed by atoms with Crippen LogP contribution in [0.3, 0.4) is 0 Å². The second-order valence-corrected chi connectivity index (χ2v) is 5.16. The van der Waals surface area contributed by atoms with Gasteiger partial charge in [0.25, 0.3) is 0 Å². The van der Waals surface area contributed by atoms with Gasteiger partial charge in [0.1, 0.15) is 0 Å². The Labute approximate surface area is 104 Å². The molecule has 1 saturated carbocycles. The third kappa shape index (κ3) is 3.31. The number of nitriles is 1. The van der Waals surface area contributed by atoms with Crippen LogP contribution in [0.4, 0.5) is 0 Å². The Bertz CT molecular complexity index is 396. The molecule has 0 spiro atoms. The largest absolute Gasteiger partial charge is 0.312 e. The number of rotatable bonds is 6. The predicted molar refractivity (Wildman–Crippen MR) is 69.4 cm³/mol. The van der Waals surface area contributed by atoms with Gasteiger partial charge in [-0.3, -0.25) is 0 Å². The molecule has 2 nitrogen and oxygen atoms in total. The van der Waals surface area contributed by atoms with Crippen LogP contribution >= 0.6 is 0 Å². The van der Waals surface area contributed by atoms with Gasteiger partial charge in [-0.2, -0.15) is 5.26 Å². The predicted octanol–water partition coefficient (Wildman–Crippen LogP) is 3.23. The van der Waals surface area contributed by atoms with Crippen molar-refractivity contribution >= 4 is 0 Å². The van der Waals surface area contributed by atoms with Crippen LogP contribution in [-0.2, 0) is 6.54 Å². The van der Waals surface area contributed by atoms with Gasteiger partial charge in [0.2, 0.25) is 0 Å². The van der Waals surface area contributed by atoms with E-state index in [1.165, 1.54) is 31.2 Å². The van der Waals surface area contributed by atoms with E-state index in [1.54, 1.807) is 0 Å². The molecule has 1 aromatic rings. The van der Waals surface area contributed by atoms with Crippen LogP contribution < -0.4 is 5.32 Å². The Kier molecular flexibility index (Phi) is 3.81. The van der Waals surface area contributed by atoms with Gasteiger partial charge in [0, 0.05) is 13.1 Å². The highest BCUT2D eigenvalue weighted by Crippen LogP contribution is 2.48. The Hall–Kier alpha value is -1.33. The van der Waals surface area contributed by atoms with Crippen LogP contribution in [0.25, 0.3) is 0 Å². The minimum atomic E-state index is 0.612. The highest BCUT2D eigenvalue weighted by Gasteiger charge is 2.40. The standard InChI is InChI=1S/C15H20N2/c1-2-7-15(8-9-15)12-17-11-14-5-3-13(10-16)4-6-14/h3-6,17H,2,7-9,11-12H2,1H3. The lowest BCUT2D eigenvalue weighted by Crippen LogP contribution is -2.23. The van der Waals surface area contributed by atoms with Crippen LogP contribution in [0.15, 0.2) is 24.3 Å². The minimum absolute atomic E-state index is 0.612. The molecule has 0 unspecified atom stereocenters. The molecule has 0 bridgehead atoms. The van der Waals surface area contributed by atoms with Crippen LogP contribution in [0.1, 0.15) is 43.7 Å². The molecule has 1 aliphatic carbocycles. The summed E-state index contributed by atoms with van der Waals surface area (Å²) < 4.78 is 0. The maximum atomic E-state index is 8.71. The molecule has 0 amide bonds. The number of hydrogen-bond donors (Lipinski definition) is 1. The third-order valence-electron chi connectivity index (χ3n) is 3.65. The van der Waals surface area contributed by atoms with E-state index >= 15 is 0 Å². The monoisotopic (exact) mass is 228 g/mol. The van der Waals surface area contributed by atoms with E-state index in [9.17, 15) is 0 Å². The SMILES string of the molecule is CCCC1(CNCc2ccc(C#N)cc2)CC1. The van der Waals surface area contributed by atoms with Crippen molar-refractivity contribution in [2.24, 2.45) is 5.41 Å². The number of nitrogens with zero attached hydrogens (tertiary/aromatic N) is 1. The smallest absolute Gasteiger partial charge is 0.0991 e. The molecule has 1 N–H and O–H groups in total. The van der Waals surface area contributed by atoms with E-state index in [0.29, 0.717) is 5.41 Å². The quantitative estimate of drug-likeness (QED) is 0.811. The fourth-order valence-electron chi connectivity index (χ4n) is 2.39. The van der Waals surface area contributed by atoms with Crippen LogP contribution in [0.5, 0.6) is 0 Å². The molecule has 1 fully saturated rings. The van der Waals surface area contributed by atoms with Crippen molar-refractivity contribution in [3.8, 4) is 6.07 Å². The summed E-state index contributed by atoms with van der Waals surface area (Å²) in [6, 6.07) is 9.98. The van der Waals surface area contributed by atoms with Gasteiger partial charge >= 0.3 is 0 Å². The van der Waals surface area contributed by atoms with Crippen molar-refractivity contribution in [2.45, 2.75) is 39.2 Å². The van der Waals surface area contributed by atoms with Gasteiger partial charge in [0.05, 0.1) is 11.6 Å². The first kappa shape index (κ1) is 12.1. The summed E-state index contributed by atoms with van der Waals surface area (Å²) >= 11 is 0. The van der Waals surface area contributed by atoms with Crippen molar-refractivity contribution in [3.63, 3.8) is 0 Å². The molecule has 1 aromatic carbocycles. The highest BCUT2D eigenvalue weighted by molar-refractivity contribution is 5.31. The summed E-state index contributed by atoms with van der Waals surface area (Å²) in [7, 11) is 0. The van der Waals surface area contributed by atoms with E-state index in [4.69, 9.17) is 5.26 Å². The normalized spacial score (nSPS) is 16.5. The molecule has 0 atom stereocenters. The van der Waals surface area contributed by atoms with Crippen molar-refractivity contribution < 1.29 is 0 Å². The first-order valence-corrected chi connectivity index (χ1v) is 6.48. The molecule has 0 aromatic heterocycles. The molecule has 17 heavy (non-hydrogen) atoms. The van der Waals surface area contributed by atoms with Crippen molar-refractivity contribution in [1.29, 1.82) is 5.26 Å². The molecule has 0 aliphatic heterocycles. The molecule has 2 heteroatoms. The fourth-order valence-corrected chi connectivity index (χ4v) is 2.39. The van der Waals surface area contributed by atoms with E-state index in [1.807, 2.05) is 24.3 Å². The number of benzene rings is 1. The molecule has 0 radical (unpaired) electrons. The Morgan fingerprint density at radius 1 is 1.29 bits per heavy atom. The maximum Gasteiger partial charge on any atom is 0.0991 e. The van der Waals surface area contributed by atoms with Crippen molar-refractivity contribution in [3.05, 3.63) is 35.4 Å². The van der Waals surface area contributed by atoms with E-state index in [-0.39, 0.29) is 0 Å². The van der Waals surface area contributed by atoms with E-state index in [0.717, 1.165) is 18.7 Å². The lowest BCUT2D eigenvalue weighted by atomic mass is 10.0. The molecular weight excluding hydrogens is 208 g/mol. The van der Waals surface area contributed by atoms with Gasteiger partial charge < -0.3 is 5.32 Å². The second-order valence-electron chi connectivity index (χ2n) is 5.16. The average Bonchev–Trinajstić information content (AvgIpc) is 3.11. The van der Waals surface area contributed by atoms with Gasteiger partial charge in [-0.1, -0.05) is 25.5 Å². The summed E-state index contributed by atoms with van der Waals surface area (Å²) in [6.45, 7) is 4.32. The van der Waals surface area contributed by atoms with E-state index in [2.05, 4.69) is 18.3 Å². The lowest BCUT2D eigenvalue weighted by Gasteiger charge is -2.14. The first-order chi connectivity index (χ1) is 8.28. The summed E-state index contributed by atoms with van der Waals surface area (Å²) in [5, 5.41) is 12.3. The third-order valence-corrected chi connectivity index (χ3v) is 3.65. The van der Waals surface area contributed by atoms with Gasteiger partial charge in [-0.05, 0) is 42.4 Å². The molecule has 0 heterocycles. The average molecular weight is 228 g/mol. The highest BCUT2D eigenvalue weighted by atomic mass is 14.9. The van der Waals surface area contributed by atoms with Crippen molar-refractivity contribution in [1.82, 2.24) is 5.32 Å². The number of nitrogens with one attached hydrogen (secondary N) is 1. The number of hydrogen-bond acceptors (Lipinski definition) is 2. The summed E-state index contributed by atoms with van der Waals surface area (Å²) in [6.07, 6.45) is 5.42. The zero-order valence-electron chi connectivity index (χ0n) is 10.5. The Balaban J connectivity index is 1.76. The summed E-state index contributed by atoms with van der Waals surface area (Å²) in [5.41, 5.74) is 2.61. The maximum absolute atomic E-state index is 8.71. The molecule has 1 aliphatic rings. The molecule has 0 saturated heterocycles. The van der Waals surface area contributed by atoms with E-state index < -0.39 is 0 Å². The molecule has 90 valence electrons. The Morgan fingerprint density at radius 2 is 2.00 bits per heavy atom. The van der Waals surface area contributed by atoms with Crippen LogP contribution in [-0.4, -0.2) is 6.54 Å². The topological polar surface area (TPSA) is 35.8 Å². The molecule has 2 rings (SSSR count). The van der Waals surface area contributed by atoms with Gasteiger partial charge in [-0.15, -0.1) is 0 Å². The fraction of sp³-hybridized carbons (Fsp3) is 0.533. The Morgan fingerprint density at radius 3 is 2.53 bits per heavy atom. The zero-order chi connectivity index (χ0) is 12.1. The minimum Gasteiger partial charge on any atom is -0.312 e. The lowest BCUT2D eigenvalue weighted by molar-refractivity contribution is 0.421. The summed E-state index contributed by atoms with van der Waals surface area (Å²) in [5.74, 6) is 0. The van der Waals surface area contributed by atoms with Crippen molar-refractivity contribution in [2.75, 3.05) is 6.54 Å². The first-order valence-electron chi connectivity index (χ1n) is 6.48.